The fourth-order valence-electron chi connectivity index (χ4n) is 0.921. The van der Waals surface area contributed by atoms with Crippen LogP contribution in [0.25, 0.3) is 0 Å². The molecule has 0 unspecified atom stereocenters. The maximum absolute atomic E-state index is 13.1. The van der Waals surface area contributed by atoms with Gasteiger partial charge in [-0.2, -0.15) is 0 Å². The van der Waals surface area contributed by atoms with E-state index in [2.05, 4.69) is 0 Å². The van der Waals surface area contributed by atoms with Crippen molar-refractivity contribution in [3.63, 3.8) is 0 Å². The Kier molecular flexibility index (Phi) is 4.46. The summed E-state index contributed by atoms with van der Waals surface area (Å²) in [5.41, 5.74) is 0. The van der Waals surface area contributed by atoms with E-state index in [1.54, 1.807) is 18.2 Å². The summed E-state index contributed by atoms with van der Waals surface area (Å²) in [5, 5.41) is 7.34. The second kappa shape index (κ2) is 5.65. The van der Waals surface area contributed by atoms with Gasteiger partial charge in [0.2, 0.25) is 0 Å². The van der Waals surface area contributed by atoms with Crippen LogP contribution in [-0.2, 0) is 4.74 Å². The number of rotatable bonds is 4. The zero-order valence-electron chi connectivity index (χ0n) is 7.92. The minimum absolute atomic E-state index is 0.181. The van der Waals surface area contributed by atoms with Crippen molar-refractivity contribution in [2.45, 2.75) is 11.8 Å². The van der Waals surface area contributed by atoms with Crippen molar-refractivity contribution in [3.8, 4) is 0 Å². The van der Waals surface area contributed by atoms with Crippen molar-refractivity contribution in [1.29, 1.82) is 5.41 Å². The maximum Gasteiger partial charge on any atom is 0.190 e. The molecule has 0 radical (unpaired) electrons. The van der Waals surface area contributed by atoms with Gasteiger partial charge in [0.15, 0.2) is 5.90 Å². The predicted octanol–water partition coefficient (Wildman–Crippen LogP) is 2.93. The van der Waals surface area contributed by atoms with Gasteiger partial charge in [-0.15, -0.1) is 11.8 Å². The highest BCUT2D eigenvalue weighted by Gasteiger charge is 2.03. The lowest BCUT2D eigenvalue weighted by Crippen LogP contribution is -2.05. The third kappa shape index (κ3) is 3.38. The number of halogens is 1. The Morgan fingerprint density at radius 2 is 2.21 bits per heavy atom. The van der Waals surface area contributed by atoms with E-state index in [1.165, 1.54) is 17.8 Å². The van der Waals surface area contributed by atoms with Gasteiger partial charge in [0.25, 0.3) is 0 Å². The quantitative estimate of drug-likeness (QED) is 0.474. The van der Waals surface area contributed by atoms with Crippen LogP contribution in [0.4, 0.5) is 4.39 Å². The largest absolute Gasteiger partial charge is 0.481 e. The number of hydrogen-bond donors (Lipinski definition) is 1. The molecule has 0 saturated carbocycles. The molecule has 76 valence electrons. The molecular weight excluding hydrogens is 201 g/mol. The molecule has 0 aliphatic carbocycles. The number of benzene rings is 1. The third-order valence-corrected chi connectivity index (χ3v) is 2.56. The zero-order chi connectivity index (χ0) is 10.4. The summed E-state index contributed by atoms with van der Waals surface area (Å²) < 4.78 is 18.0. The highest BCUT2D eigenvalue weighted by atomic mass is 32.2. The zero-order valence-corrected chi connectivity index (χ0v) is 8.73. The first-order valence-electron chi connectivity index (χ1n) is 4.31. The lowest BCUT2D eigenvalue weighted by molar-refractivity contribution is 0.322. The average Bonchev–Trinajstić information content (AvgIpc) is 2.17. The lowest BCUT2D eigenvalue weighted by Gasteiger charge is -2.04. The first-order valence-corrected chi connectivity index (χ1v) is 5.30. The van der Waals surface area contributed by atoms with E-state index >= 15 is 0 Å². The van der Waals surface area contributed by atoms with Crippen LogP contribution in [0.1, 0.15) is 6.92 Å². The summed E-state index contributed by atoms with van der Waals surface area (Å²) in [6.45, 7) is 2.30. The van der Waals surface area contributed by atoms with Gasteiger partial charge in [-0.1, -0.05) is 12.1 Å². The molecule has 1 aromatic carbocycles. The predicted molar refractivity (Wildman–Crippen MR) is 56.5 cm³/mol. The molecule has 1 aromatic rings. The fourth-order valence-corrected chi connectivity index (χ4v) is 1.67. The molecule has 0 atom stereocenters. The minimum Gasteiger partial charge on any atom is -0.481 e. The van der Waals surface area contributed by atoms with Crippen molar-refractivity contribution in [1.82, 2.24) is 0 Å². The number of nitrogens with one attached hydrogen (secondary N) is 1. The Hall–Kier alpha value is -1.03. The molecule has 0 heterocycles. The van der Waals surface area contributed by atoms with Crippen molar-refractivity contribution in [3.05, 3.63) is 30.1 Å². The summed E-state index contributed by atoms with van der Waals surface area (Å²) in [7, 11) is 0. The van der Waals surface area contributed by atoms with Crippen molar-refractivity contribution in [2.75, 3.05) is 12.4 Å². The van der Waals surface area contributed by atoms with Crippen LogP contribution >= 0.6 is 11.8 Å². The normalized spacial score (nSPS) is 9.86. The van der Waals surface area contributed by atoms with Gasteiger partial charge in [0, 0.05) is 4.90 Å². The Morgan fingerprint density at radius 1 is 1.50 bits per heavy atom. The Labute approximate surface area is 87.0 Å². The average molecular weight is 213 g/mol. The fraction of sp³-hybridized carbons (Fsp3) is 0.300. The van der Waals surface area contributed by atoms with Crippen molar-refractivity contribution >= 4 is 17.7 Å². The second-order valence-corrected chi connectivity index (χ2v) is 3.59. The molecule has 0 aliphatic rings. The van der Waals surface area contributed by atoms with E-state index < -0.39 is 0 Å². The Morgan fingerprint density at radius 3 is 2.86 bits per heavy atom. The summed E-state index contributed by atoms with van der Waals surface area (Å²) in [4.78, 5) is 0.553. The van der Waals surface area contributed by atoms with E-state index in [0.717, 1.165) is 0 Å². The minimum atomic E-state index is -0.248. The molecule has 14 heavy (non-hydrogen) atoms. The van der Waals surface area contributed by atoms with Gasteiger partial charge in [-0.25, -0.2) is 4.39 Å². The third-order valence-electron chi connectivity index (χ3n) is 1.51. The molecule has 0 aromatic heterocycles. The number of thioether (sulfide) groups is 1. The van der Waals surface area contributed by atoms with E-state index in [0.29, 0.717) is 17.3 Å². The van der Waals surface area contributed by atoms with E-state index in [9.17, 15) is 4.39 Å². The summed E-state index contributed by atoms with van der Waals surface area (Å²) in [5.74, 6) is 0.303. The van der Waals surface area contributed by atoms with Gasteiger partial charge in [0.05, 0.1) is 12.4 Å². The molecule has 0 aliphatic heterocycles. The van der Waals surface area contributed by atoms with E-state index in [4.69, 9.17) is 10.1 Å². The smallest absolute Gasteiger partial charge is 0.190 e. The molecule has 0 fully saturated rings. The van der Waals surface area contributed by atoms with Gasteiger partial charge >= 0.3 is 0 Å². The Balaban J connectivity index is 2.46. The van der Waals surface area contributed by atoms with Crippen molar-refractivity contribution in [2.24, 2.45) is 0 Å². The second-order valence-electron chi connectivity index (χ2n) is 2.58. The summed E-state index contributed by atoms with van der Waals surface area (Å²) in [6, 6.07) is 6.52. The van der Waals surface area contributed by atoms with Crippen LogP contribution in [0.3, 0.4) is 0 Å². The van der Waals surface area contributed by atoms with Gasteiger partial charge < -0.3 is 4.74 Å². The number of ether oxygens (including phenoxy) is 1. The molecule has 2 nitrogen and oxygen atoms in total. The molecule has 0 saturated heterocycles. The number of hydrogen-bond acceptors (Lipinski definition) is 3. The SMILES string of the molecule is CCOC(=N)CSc1ccccc1F. The maximum atomic E-state index is 13.1. The molecule has 1 rings (SSSR count). The van der Waals surface area contributed by atoms with Gasteiger partial charge in [-0.3, -0.25) is 5.41 Å². The Bertz CT molecular complexity index is 317. The topological polar surface area (TPSA) is 33.1 Å². The molecule has 0 spiro atoms. The molecule has 1 N–H and O–H groups in total. The van der Waals surface area contributed by atoms with Gasteiger partial charge in [0.1, 0.15) is 5.82 Å². The van der Waals surface area contributed by atoms with Gasteiger partial charge in [-0.05, 0) is 19.1 Å². The highest BCUT2D eigenvalue weighted by molar-refractivity contribution is 8.00. The molecular formula is C10H12FNOS. The molecule has 4 heteroatoms. The standard InChI is InChI=1S/C10H12FNOS/c1-2-13-10(12)7-14-9-6-4-3-5-8(9)11/h3-6,12H,2,7H2,1H3. The van der Waals surface area contributed by atoms with E-state index in [1.807, 2.05) is 6.92 Å². The molecule has 0 amide bonds. The lowest BCUT2D eigenvalue weighted by atomic mass is 10.3. The monoisotopic (exact) mass is 213 g/mol. The van der Waals surface area contributed by atoms with Crippen LogP contribution in [0.15, 0.2) is 29.2 Å². The molecule has 0 bridgehead atoms. The first kappa shape index (κ1) is 11.0. The van der Waals surface area contributed by atoms with E-state index in [-0.39, 0.29) is 11.7 Å². The van der Waals surface area contributed by atoms with Crippen LogP contribution < -0.4 is 0 Å². The van der Waals surface area contributed by atoms with Crippen LogP contribution in [0.5, 0.6) is 0 Å². The van der Waals surface area contributed by atoms with Crippen LogP contribution in [0.2, 0.25) is 0 Å². The van der Waals surface area contributed by atoms with Crippen LogP contribution in [0, 0.1) is 11.2 Å². The highest BCUT2D eigenvalue weighted by Crippen LogP contribution is 2.20. The van der Waals surface area contributed by atoms with Crippen molar-refractivity contribution < 1.29 is 9.13 Å². The summed E-state index contributed by atoms with van der Waals surface area (Å²) >= 11 is 1.27. The first-order chi connectivity index (χ1) is 6.74. The van der Waals surface area contributed by atoms with Crippen LogP contribution in [-0.4, -0.2) is 18.3 Å². The summed E-state index contributed by atoms with van der Waals surface area (Å²) in [6.07, 6.45) is 0.